The van der Waals surface area contributed by atoms with E-state index in [0.29, 0.717) is 0 Å². The van der Waals surface area contributed by atoms with Crippen LogP contribution in [0.2, 0.25) is 0 Å². The molecule has 0 saturated heterocycles. The van der Waals surface area contributed by atoms with Crippen molar-refractivity contribution in [1.82, 2.24) is 4.98 Å². The van der Waals surface area contributed by atoms with Gasteiger partial charge in [-0.05, 0) is 42.3 Å². The zero-order chi connectivity index (χ0) is 9.38. The van der Waals surface area contributed by atoms with Crippen LogP contribution in [0.3, 0.4) is 0 Å². The standard InChI is InChI=1S/C12H13NO/c1-2-9(1)8-14-11-4-3-10-5-6-13-12(10)7-11/h3-7,9,13H,1-2,8H2. The van der Waals surface area contributed by atoms with Gasteiger partial charge in [-0.3, -0.25) is 0 Å². The minimum Gasteiger partial charge on any atom is -0.493 e. The molecule has 0 aliphatic heterocycles. The molecule has 1 aliphatic carbocycles. The van der Waals surface area contributed by atoms with Gasteiger partial charge in [0.25, 0.3) is 0 Å². The summed E-state index contributed by atoms with van der Waals surface area (Å²) in [6.07, 6.45) is 4.63. The first-order chi connectivity index (χ1) is 6.92. The van der Waals surface area contributed by atoms with Crippen LogP contribution in [0.1, 0.15) is 12.8 Å². The van der Waals surface area contributed by atoms with Crippen LogP contribution in [-0.2, 0) is 0 Å². The Balaban J connectivity index is 1.81. The van der Waals surface area contributed by atoms with E-state index in [1.165, 1.54) is 18.2 Å². The number of benzene rings is 1. The molecule has 14 heavy (non-hydrogen) atoms. The molecule has 3 rings (SSSR count). The Morgan fingerprint density at radius 2 is 2.21 bits per heavy atom. The van der Waals surface area contributed by atoms with E-state index in [9.17, 15) is 0 Å². The predicted octanol–water partition coefficient (Wildman–Crippen LogP) is 2.96. The van der Waals surface area contributed by atoms with Crippen molar-refractivity contribution < 1.29 is 4.74 Å². The number of aromatic amines is 1. The number of hydrogen-bond donors (Lipinski definition) is 1. The summed E-state index contributed by atoms with van der Waals surface area (Å²) < 4.78 is 5.69. The van der Waals surface area contributed by atoms with Crippen molar-refractivity contribution in [2.24, 2.45) is 5.92 Å². The van der Waals surface area contributed by atoms with E-state index in [4.69, 9.17) is 4.74 Å². The molecule has 0 atom stereocenters. The van der Waals surface area contributed by atoms with Gasteiger partial charge < -0.3 is 9.72 Å². The number of H-pyrrole nitrogens is 1. The highest BCUT2D eigenvalue weighted by molar-refractivity contribution is 5.80. The zero-order valence-corrected chi connectivity index (χ0v) is 7.99. The Labute approximate surface area is 82.9 Å². The zero-order valence-electron chi connectivity index (χ0n) is 7.99. The summed E-state index contributed by atoms with van der Waals surface area (Å²) in [6, 6.07) is 8.27. The summed E-state index contributed by atoms with van der Waals surface area (Å²) in [5, 5.41) is 1.24. The first-order valence-corrected chi connectivity index (χ1v) is 5.12. The Hall–Kier alpha value is -1.44. The van der Waals surface area contributed by atoms with Crippen LogP contribution in [-0.4, -0.2) is 11.6 Å². The van der Waals surface area contributed by atoms with Crippen molar-refractivity contribution in [3.05, 3.63) is 30.5 Å². The molecule has 2 heteroatoms. The summed E-state index contributed by atoms with van der Waals surface area (Å²) in [6.45, 7) is 0.881. The maximum absolute atomic E-state index is 5.69. The molecule has 2 nitrogen and oxygen atoms in total. The van der Waals surface area contributed by atoms with E-state index < -0.39 is 0 Å². The van der Waals surface area contributed by atoms with Crippen LogP contribution < -0.4 is 4.74 Å². The van der Waals surface area contributed by atoms with Crippen LogP contribution in [0, 0.1) is 5.92 Å². The maximum Gasteiger partial charge on any atom is 0.121 e. The first-order valence-electron chi connectivity index (χ1n) is 5.12. The molecule has 1 N–H and O–H groups in total. The molecule has 0 bridgehead atoms. The number of rotatable bonds is 3. The van der Waals surface area contributed by atoms with E-state index >= 15 is 0 Å². The van der Waals surface area contributed by atoms with Gasteiger partial charge in [0.05, 0.1) is 6.61 Å². The van der Waals surface area contributed by atoms with Crippen molar-refractivity contribution in [1.29, 1.82) is 0 Å². The minimum absolute atomic E-state index is 0.814. The van der Waals surface area contributed by atoms with Gasteiger partial charge in [0.15, 0.2) is 0 Å². The second kappa shape index (κ2) is 3.05. The van der Waals surface area contributed by atoms with Crippen molar-refractivity contribution in [3.63, 3.8) is 0 Å². The molecule has 72 valence electrons. The summed E-state index contributed by atoms with van der Waals surface area (Å²) in [7, 11) is 0. The van der Waals surface area contributed by atoms with Gasteiger partial charge >= 0.3 is 0 Å². The number of nitrogens with one attached hydrogen (secondary N) is 1. The highest BCUT2D eigenvalue weighted by atomic mass is 16.5. The van der Waals surface area contributed by atoms with Crippen LogP contribution >= 0.6 is 0 Å². The Bertz CT molecular complexity index is 442. The SMILES string of the molecule is c1cc2ccc(OCC3CC3)cc2[nH]1. The van der Waals surface area contributed by atoms with Crippen molar-refractivity contribution in [2.75, 3.05) is 6.61 Å². The Kier molecular flexibility index (Phi) is 1.72. The molecular weight excluding hydrogens is 174 g/mol. The number of aromatic nitrogens is 1. The largest absolute Gasteiger partial charge is 0.493 e. The fourth-order valence-electron chi connectivity index (χ4n) is 1.62. The maximum atomic E-state index is 5.69. The molecule has 0 amide bonds. The average Bonchev–Trinajstić information content (AvgIpc) is 2.92. The predicted molar refractivity (Wildman–Crippen MR) is 56.5 cm³/mol. The summed E-state index contributed by atoms with van der Waals surface area (Å²) in [5.41, 5.74) is 1.15. The van der Waals surface area contributed by atoms with Crippen LogP contribution in [0.4, 0.5) is 0 Å². The molecule has 1 heterocycles. The molecule has 1 aromatic carbocycles. The molecular formula is C12H13NO. The van der Waals surface area contributed by atoms with Gasteiger partial charge in [0, 0.05) is 17.8 Å². The van der Waals surface area contributed by atoms with Gasteiger partial charge in [-0.15, -0.1) is 0 Å². The molecule has 0 spiro atoms. The first kappa shape index (κ1) is 7.92. The van der Waals surface area contributed by atoms with E-state index in [1.54, 1.807) is 0 Å². The number of ether oxygens (including phenoxy) is 1. The monoisotopic (exact) mass is 187 g/mol. The third-order valence-electron chi connectivity index (χ3n) is 2.71. The van der Waals surface area contributed by atoms with Crippen LogP contribution in [0.25, 0.3) is 10.9 Å². The molecule has 2 aromatic rings. The lowest BCUT2D eigenvalue weighted by molar-refractivity contribution is 0.300. The second-order valence-electron chi connectivity index (χ2n) is 3.98. The van der Waals surface area contributed by atoms with Crippen molar-refractivity contribution >= 4 is 10.9 Å². The van der Waals surface area contributed by atoms with E-state index in [1.807, 2.05) is 12.3 Å². The quantitative estimate of drug-likeness (QED) is 0.785. The van der Waals surface area contributed by atoms with E-state index in [-0.39, 0.29) is 0 Å². The minimum atomic E-state index is 0.814. The van der Waals surface area contributed by atoms with Crippen LogP contribution in [0.5, 0.6) is 5.75 Å². The molecule has 1 aromatic heterocycles. The lowest BCUT2D eigenvalue weighted by Gasteiger charge is -2.04. The fraction of sp³-hybridized carbons (Fsp3) is 0.333. The molecule has 0 radical (unpaired) electrons. The van der Waals surface area contributed by atoms with Gasteiger partial charge in [0.2, 0.25) is 0 Å². The average molecular weight is 187 g/mol. The smallest absolute Gasteiger partial charge is 0.121 e. The molecule has 1 saturated carbocycles. The summed E-state index contributed by atoms with van der Waals surface area (Å²) in [4.78, 5) is 3.18. The molecule has 1 fully saturated rings. The summed E-state index contributed by atoms with van der Waals surface area (Å²) in [5.74, 6) is 1.79. The number of fused-ring (bicyclic) bond motifs is 1. The summed E-state index contributed by atoms with van der Waals surface area (Å²) >= 11 is 0. The molecule has 0 unspecified atom stereocenters. The van der Waals surface area contributed by atoms with Crippen molar-refractivity contribution in [2.45, 2.75) is 12.8 Å². The lowest BCUT2D eigenvalue weighted by Crippen LogP contribution is -1.98. The van der Waals surface area contributed by atoms with E-state index in [2.05, 4.69) is 23.2 Å². The normalized spacial score (nSPS) is 16.0. The fourth-order valence-corrected chi connectivity index (χ4v) is 1.62. The second-order valence-corrected chi connectivity index (χ2v) is 3.98. The highest BCUT2D eigenvalue weighted by Gasteiger charge is 2.21. The Morgan fingerprint density at radius 3 is 3.07 bits per heavy atom. The van der Waals surface area contributed by atoms with Gasteiger partial charge in [-0.1, -0.05) is 0 Å². The third kappa shape index (κ3) is 1.48. The lowest BCUT2D eigenvalue weighted by atomic mass is 10.2. The number of hydrogen-bond acceptors (Lipinski definition) is 1. The van der Waals surface area contributed by atoms with Gasteiger partial charge in [-0.25, -0.2) is 0 Å². The van der Waals surface area contributed by atoms with Gasteiger partial charge in [0.1, 0.15) is 5.75 Å². The third-order valence-corrected chi connectivity index (χ3v) is 2.71. The van der Waals surface area contributed by atoms with Crippen molar-refractivity contribution in [3.8, 4) is 5.75 Å². The van der Waals surface area contributed by atoms with E-state index in [0.717, 1.165) is 23.8 Å². The van der Waals surface area contributed by atoms with Crippen LogP contribution in [0.15, 0.2) is 30.5 Å². The topological polar surface area (TPSA) is 25.0 Å². The Morgan fingerprint density at radius 1 is 1.29 bits per heavy atom. The highest BCUT2D eigenvalue weighted by Crippen LogP contribution is 2.30. The van der Waals surface area contributed by atoms with Gasteiger partial charge in [-0.2, -0.15) is 0 Å². The molecule has 1 aliphatic rings.